The van der Waals surface area contributed by atoms with Crippen molar-refractivity contribution >= 4 is 17.6 Å². The number of nitrogens with two attached hydrogens (primary N) is 1. The minimum absolute atomic E-state index is 0.0346. The predicted molar refractivity (Wildman–Crippen MR) is 81.8 cm³/mol. The van der Waals surface area contributed by atoms with Crippen LogP contribution in [0.2, 0.25) is 0 Å². The molecule has 0 aliphatic rings. The maximum atomic E-state index is 7.75. The molecule has 2 rings (SSSR count). The van der Waals surface area contributed by atoms with Gasteiger partial charge in [-0.1, -0.05) is 23.9 Å². The molecule has 0 spiro atoms. The molecule has 0 saturated carbocycles. The van der Waals surface area contributed by atoms with E-state index in [9.17, 15) is 0 Å². The molecular formula is C15H17N3OS. The number of pyridine rings is 1. The summed E-state index contributed by atoms with van der Waals surface area (Å²) >= 11 is 1.47. The van der Waals surface area contributed by atoms with Gasteiger partial charge >= 0.3 is 0 Å². The van der Waals surface area contributed by atoms with Gasteiger partial charge in [0.05, 0.1) is 17.6 Å². The first-order valence-corrected chi connectivity index (χ1v) is 6.98. The van der Waals surface area contributed by atoms with Gasteiger partial charge in [0.1, 0.15) is 16.6 Å². The Hall–Kier alpha value is -2.01. The molecule has 1 heterocycles. The summed E-state index contributed by atoms with van der Waals surface area (Å²) < 4.78 is 5.34. The lowest BCUT2D eigenvalue weighted by molar-refractivity contribution is 0.405. The molecule has 2 aromatic rings. The lowest BCUT2D eigenvalue weighted by Crippen LogP contribution is -2.15. The van der Waals surface area contributed by atoms with Gasteiger partial charge in [0, 0.05) is 5.69 Å². The summed E-state index contributed by atoms with van der Waals surface area (Å²) in [5.41, 5.74) is 8.24. The van der Waals surface area contributed by atoms with Crippen LogP contribution in [0.1, 0.15) is 16.8 Å². The molecule has 0 aliphatic carbocycles. The largest absolute Gasteiger partial charge is 0.496 e. The fourth-order valence-corrected chi connectivity index (χ4v) is 3.18. The summed E-state index contributed by atoms with van der Waals surface area (Å²) in [6, 6.07) is 9.67. The molecule has 0 unspecified atom stereocenters. The number of nitrogen functional groups attached to an aromatic ring is 1. The molecule has 0 aliphatic heterocycles. The second-order valence-electron chi connectivity index (χ2n) is 4.43. The molecule has 1 aromatic carbocycles. The Kier molecular flexibility index (Phi) is 4.29. The van der Waals surface area contributed by atoms with Crippen molar-refractivity contribution in [3.05, 3.63) is 47.2 Å². The van der Waals surface area contributed by atoms with E-state index >= 15 is 0 Å². The number of amidine groups is 1. The van der Waals surface area contributed by atoms with Crippen molar-refractivity contribution < 1.29 is 4.74 Å². The van der Waals surface area contributed by atoms with Crippen LogP contribution in [-0.4, -0.2) is 17.9 Å². The van der Waals surface area contributed by atoms with Crippen molar-refractivity contribution in [2.24, 2.45) is 5.73 Å². The Morgan fingerprint density at radius 1 is 1.30 bits per heavy atom. The van der Waals surface area contributed by atoms with Crippen LogP contribution in [0.15, 0.2) is 40.3 Å². The number of methoxy groups -OCH3 is 1. The van der Waals surface area contributed by atoms with Gasteiger partial charge in [-0.15, -0.1) is 0 Å². The third kappa shape index (κ3) is 2.93. The molecule has 0 radical (unpaired) electrons. The quantitative estimate of drug-likeness (QED) is 0.669. The highest BCUT2D eigenvalue weighted by atomic mass is 32.2. The third-order valence-corrected chi connectivity index (χ3v) is 3.90. The van der Waals surface area contributed by atoms with Gasteiger partial charge in [-0.3, -0.25) is 5.41 Å². The number of ether oxygens (including phenoxy) is 1. The second-order valence-corrected chi connectivity index (χ2v) is 5.46. The van der Waals surface area contributed by atoms with E-state index < -0.39 is 0 Å². The Bertz CT molecular complexity index is 656. The Morgan fingerprint density at radius 2 is 2.00 bits per heavy atom. The van der Waals surface area contributed by atoms with Crippen molar-refractivity contribution in [3.63, 3.8) is 0 Å². The standard InChI is InChI=1S/C15H17N3OS/c1-9-8-10(2)18-15(13(9)14(16)17)20-12-7-5-4-6-11(12)19-3/h4-8H,1-3H3,(H3,16,17). The Balaban J connectivity index is 2.50. The van der Waals surface area contributed by atoms with E-state index in [1.54, 1.807) is 7.11 Å². The minimum Gasteiger partial charge on any atom is -0.496 e. The molecule has 5 heteroatoms. The number of aromatic nitrogens is 1. The summed E-state index contributed by atoms with van der Waals surface area (Å²) in [5.74, 6) is 0.820. The number of aryl methyl sites for hydroxylation is 2. The zero-order chi connectivity index (χ0) is 14.7. The van der Waals surface area contributed by atoms with E-state index in [0.29, 0.717) is 5.56 Å². The van der Waals surface area contributed by atoms with Gasteiger partial charge in [-0.2, -0.15) is 0 Å². The van der Waals surface area contributed by atoms with E-state index in [1.807, 2.05) is 44.2 Å². The van der Waals surface area contributed by atoms with Crippen LogP contribution in [0.4, 0.5) is 0 Å². The average molecular weight is 287 g/mol. The number of nitrogens with one attached hydrogen (secondary N) is 1. The summed E-state index contributed by atoms with van der Waals surface area (Å²) in [4.78, 5) is 5.47. The lowest BCUT2D eigenvalue weighted by atomic mass is 10.1. The highest BCUT2D eigenvalue weighted by Crippen LogP contribution is 2.36. The number of para-hydroxylation sites is 1. The zero-order valence-corrected chi connectivity index (χ0v) is 12.5. The smallest absolute Gasteiger partial charge is 0.132 e. The molecule has 0 bridgehead atoms. The summed E-state index contributed by atoms with van der Waals surface area (Å²) in [6.07, 6.45) is 0. The SMILES string of the molecule is COc1ccccc1Sc1nc(C)cc(C)c1C(=N)N. The predicted octanol–water partition coefficient (Wildman–Crippen LogP) is 3.14. The van der Waals surface area contributed by atoms with Gasteiger partial charge in [0.2, 0.25) is 0 Å². The lowest BCUT2D eigenvalue weighted by Gasteiger charge is -2.13. The van der Waals surface area contributed by atoms with Gasteiger partial charge < -0.3 is 10.5 Å². The molecule has 104 valence electrons. The molecule has 1 aromatic heterocycles. The third-order valence-electron chi connectivity index (χ3n) is 2.86. The van der Waals surface area contributed by atoms with E-state index in [2.05, 4.69) is 4.98 Å². The Morgan fingerprint density at radius 3 is 2.65 bits per heavy atom. The number of rotatable bonds is 4. The molecule has 0 saturated heterocycles. The van der Waals surface area contributed by atoms with Crippen molar-refractivity contribution in [1.29, 1.82) is 5.41 Å². The fourth-order valence-electron chi connectivity index (χ4n) is 2.01. The van der Waals surface area contributed by atoms with Gasteiger partial charge in [-0.05, 0) is 37.6 Å². The van der Waals surface area contributed by atoms with Crippen molar-refractivity contribution in [2.75, 3.05) is 7.11 Å². The van der Waals surface area contributed by atoms with Crippen LogP contribution in [0.3, 0.4) is 0 Å². The number of nitrogens with zero attached hydrogens (tertiary/aromatic N) is 1. The summed E-state index contributed by atoms with van der Waals surface area (Å²) in [6.45, 7) is 3.88. The fraction of sp³-hybridized carbons (Fsp3) is 0.200. The molecule has 3 N–H and O–H groups in total. The maximum absolute atomic E-state index is 7.75. The first kappa shape index (κ1) is 14.4. The minimum atomic E-state index is 0.0346. The zero-order valence-electron chi connectivity index (χ0n) is 11.7. The normalized spacial score (nSPS) is 10.3. The molecular weight excluding hydrogens is 270 g/mol. The van der Waals surface area contributed by atoms with Crippen LogP contribution in [0.5, 0.6) is 5.75 Å². The van der Waals surface area contributed by atoms with Crippen molar-refractivity contribution in [1.82, 2.24) is 4.98 Å². The molecule has 0 atom stereocenters. The van der Waals surface area contributed by atoms with Crippen LogP contribution in [-0.2, 0) is 0 Å². The van der Waals surface area contributed by atoms with Gasteiger partial charge in [0.25, 0.3) is 0 Å². The monoisotopic (exact) mass is 287 g/mol. The van der Waals surface area contributed by atoms with Gasteiger partial charge in [0.15, 0.2) is 0 Å². The van der Waals surface area contributed by atoms with E-state index in [1.165, 1.54) is 11.8 Å². The van der Waals surface area contributed by atoms with Crippen LogP contribution in [0.25, 0.3) is 0 Å². The first-order chi connectivity index (χ1) is 9.52. The van der Waals surface area contributed by atoms with Gasteiger partial charge in [-0.25, -0.2) is 4.98 Å². The van der Waals surface area contributed by atoms with E-state index in [0.717, 1.165) is 26.9 Å². The van der Waals surface area contributed by atoms with Crippen molar-refractivity contribution in [2.45, 2.75) is 23.8 Å². The van der Waals surface area contributed by atoms with Crippen molar-refractivity contribution in [3.8, 4) is 5.75 Å². The molecule has 4 nitrogen and oxygen atoms in total. The number of benzene rings is 1. The summed E-state index contributed by atoms with van der Waals surface area (Å²) in [7, 11) is 1.64. The number of hydrogen-bond donors (Lipinski definition) is 2. The molecule has 0 fully saturated rings. The van der Waals surface area contributed by atoms with Crippen LogP contribution >= 0.6 is 11.8 Å². The van der Waals surface area contributed by atoms with E-state index in [4.69, 9.17) is 15.9 Å². The molecule has 0 amide bonds. The second kappa shape index (κ2) is 5.96. The maximum Gasteiger partial charge on any atom is 0.132 e. The first-order valence-electron chi connectivity index (χ1n) is 6.16. The highest BCUT2D eigenvalue weighted by Gasteiger charge is 2.14. The van der Waals surface area contributed by atoms with Crippen LogP contribution < -0.4 is 10.5 Å². The molecule has 20 heavy (non-hydrogen) atoms. The van der Waals surface area contributed by atoms with E-state index in [-0.39, 0.29) is 5.84 Å². The topological polar surface area (TPSA) is 72.0 Å². The highest BCUT2D eigenvalue weighted by molar-refractivity contribution is 7.99. The number of hydrogen-bond acceptors (Lipinski definition) is 4. The average Bonchev–Trinajstić information content (AvgIpc) is 2.38. The summed E-state index contributed by atoms with van der Waals surface area (Å²) in [5, 5.41) is 8.48. The Labute approximate surface area is 122 Å². The van der Waals surface area contributed by atoms with Crippen LogP contribution in [0, 0.1) is 19.3 Å².